The number of halogens is 1. The monoisotopic (exact) mass is 394 g/mol. The van der Waals surface area contributed by atoms with E-state index in [0.717, 1.165) is 18.2 Å². The summed E-state index contributed by atoms with van der Waals surface area (Å²) < 4.78 is 35.7. The minimum absolute atomic E-state index is 0.175. The van der Waals surface area contributed by atoms with Gasteiger partial charge in [0.05, 0.1) is 6.61 Å². The maximum Gasteiger partial charge on any atom is 0.187 e. The van der Waals surface area contributed by atoms with E-state index < -0.39 is 17.9 Å². The fourth-order valence-electron chi connectivity index (χ4n) is 3.30. The second-order valence-electron chi connectivity index (χ2n) is 7.17. The Kier molecular flexibility index (Phi) is 5.38. The first-order valence-corrected chi connectivity index (χ1v) is 9.44. The third-order valence-electron chi connectivity index (χ3n) is 4.25. The highest BCUT2D eigenvalue weighted by atomic mass is 79.9. The highest BCUT2D eigenvalue weighted by Crippen LogP contribution is 2.42. The summed E-state index contributed by atoms with van der Waals surface area (Å²) in [6.45, 7) is 8.78. The van der Waals surface area contributed by atoms with Crippen molar-refractivity contribution >= 4 is 15.9 Å². The first-order chi connectivity index (χ1) is 10.8. The summed E-state index contributed by atoms with van der Waals surface area (Å²) in [6.07, 6.45) is 0.777. The summed E-state index contributed by atoms with van der Waals surface area (Å²) in [5.41, 5.74) is 0. The van der Waals surface area contributed by atoms with E-state index in [9.17, 15) is 0 Å². The zero-order chi connectivity index (χ0) is 16.7. The normalized spacial score (nSPS) is 41.3. The predicted octanol–water partition coefficient (Wildman–Crippen LogP) is 2.57. The zero-order valence-corrected chi connectivity index (χ0v) is 15.8. The van der Waals surface area contributed by atoms with Gasteiger partial charge in [-0.3, -0.25) is 0 Å². The molecule has 5 atom stereocenters. The van der Waals surface area contributed by atoms with E-state index in [1.54, 1.807) is 0 Å². The summed E-state index contributed by atoms with van der Waals surface area (Å²) in [5.74, 6) is -1.23. The molecular weight excluding hydrogens is 368 g/mol. The molecule has 3 heterocycles. The van der Waals surface area contributed by atoms with E-state index in [2.05, 4.69) is 15.9 Å². The minimum Gasteiger partial charge on any atom is -0.350 e. The van der Waals surface area contributed by atoms with Crippen LogP contribution in [0.5, 0.6) is 0 Å². The average molecular weight is 395 g/mol. The second kappa shape index (κ2) is 6.86. The molecule has 3 fully saturated rings. The van der Waals surface area contributed by atoms with Gasteiger partial charge in [-0.1, -0.05) is 15.9 Å². The quantitative estimate of drug-likeness (QED) is 0.509. The van der Waals surface area contributed by atoms with Crippen LogP contribution in [0.25, 0.3) is 0 Å². The average Bonchev–Trinajstić information content (AvgIpc) is 3.06. The molecule has 0 radical (unpaired) electrons. The van der Waals surface area contributed by atoms with E-state index in [-0.39, 0.29) is 24.4 Å². The van der Waals surface area contributed by atoms with Crippen LogP contribution in [-0.4, -0.2) is 60.8 Å². The SMILES string of the molecule is CC1(C)O[C@@H]2[C@H](O1)[C@@H](OCCCCBr)O[C@@H]2[C@H]1COC(C)(C)O1. The Labute approximate surface area is 146 Å². The van der Waals surface area contributed by atoms with Gasteiger partial charge in [-0.25, -0.2) is 0 Å². The molecule has 0 aromatic carbocycles. The number of alkyl halides is 1. The summed E-state index contributed by atoms with van der Waals surface area (Å²) in [7, 11) is 0. The summed E-state index contributed by atoms with van der Waals surface area (Å²) in [5, 5.41) is 0.978. The summed E-state index contributed by atoms with van der Waals surface area (Å²) in [6, 6.07) is 0. The van der Waals surface area contributed by atoms with E-state index in [1.807, 2.05) is 27.7 Å². The topological polar surface area (TPSA) is 55.4 Å². The fraction of sp³-hybridized carbons (Fsp3) is 1.00. The molecule has 0 amide bonds. The summed E-state index contributed by atoms with van der Waals surface area (Å²) >= 11 is 3.43. The van der Waals surface area contributed by atoms with E-state index in [0.29, 0.717) is 13.2 Å². The fourth-order valence-corrected chi connectivity index (χ4v) is 3.69. The molecule has 7 heteroatoms. The largest absolute Gasteiger partial charge is 0.350 e. The molecule has 3 aliphatic heterocycles. The Morgan fingerprint density at radius 1 is 0.957 bits per heavy atom. The van der Waals surface area contributed by atoms with Crippen LogP contribution in [0.1, 0.15) is 40.5 Å². The van der Waals surface area contributed by atoms with Gasteiger partial charge < -0.3 is 28.4 Å². The zero-order valence-electron chi connectivity index (χ0n) is 14.2. The lowest BCUT2D eigenvalue weighted by Crippen LogP contribution is -2.40. The van der Waals surface area contributed by atoms with Gasteiger partial charge in [0.2, 0.25) is 0 Å². The van der Waals surface area contributed by atoms with Crippen LogP contribution >= 0.6 is 15.9 Å². The Morgan fingerprint density at radius 2 is 1.70 bits per heavy atom. The number of ether oxygens (including phenoxy) is 6. The maximum atomic E-state index is 6.09. The van der Waals surface area contributed by atoms with Crippen molar-refractivity contribution in [1.29, 1.82) is 0 Å². The first-order valence-electron chi connectivity index (χ1n) is 8.32. The predicted molar refractivity (Wildman–Crippen MR) is 86.4 cm³/mol. The molecule has 0 aromatic rings. The minimum atomic E-state index is -0.635. The van der Waals surface area contributed by atoms with Crippen LogP contribution < -0.4 is 0 Å². The van der Waals surface area contributed by atoms with Crippen molar-refractivity contribution in [3.63, 3.8) is 0 Å². The number of hydrogen-bond donors (Lipinski definition) is 0. The van der Waals surface area contributed by atoms with Gasteiger partial charge in [-0.2, -0.15) is 0 Å². The summed E-state index contributed by atoms with van der Waals surface area (Å²) in [4.78, 5) is 0. The number of rotatable bonds is 6. The van der Waals surface area contributed by atoms with Gasteiger partial charge in [-0.15, -0.1) is 0 Å². The van der Waals surface area contributed by atoms with Crippen molar-refractivity contribution in [3.8, 4) is 0 Å². The molecule has 3 saturated heterocycles. The van der Waals surface area contributed by atoms with E-state index in [4.69, 9.17) is 28.4 Å². The highest BCUT2D eigenvalue weighted by molar-refractivity contribution is 9.09. The molecule has 0 aliphatic carbocycles. The Morgan fingerprint density at radius 3 is 2.35 bits per heavy atom. The third-order valence-corrected chi connectivity index (χ3v) is 4.81. The van der Waals surface area contributed by atoms with Crippen LogP contribution in [0.3, 0.4) is 0 Å². The lowest BCUT2D eigenvalue weighted by atomic mass is 10.1. The van der Waals surface area contributed by atoms with Crippen molar-refractivity contribution < 1.29 is 28.4 Å². The van der Waals surface area contributed by atoms with E-state index in [1.165, 1.54) is 0 Å². The van der Waals surface area contributed by atoms with Crippen molar-refractivity contribution in [2.24, 2.45) is 0 Å². The van der Waals surface area contributed by atoms with Crippen molar-refractivity contribution in [2.45, 2.75) is 82.8 Å². The number of hydrogen-bond acceptors (Lipinski definition) is 6. The van der Waals surface area contributed by atoms with Gasteiger partial charge in [0.15, 0.2) is 17.9 Å². The second-order valence-corrected chi connectivity index (χ2v) is 7.96. The molecule has 0 spiro atoms. The van der Waals surface area contributed by atoms with Gasteiger partial charge in [0, 0.05) is 11.9 Å². The Bertz CT molecular complexity index is 415. The standard InChI is InChI=1S/C16H27BrO6/c1-15(2)19-9-10(21-15)11-12-13(23-16(3,4)22-12)14(20-11)18-8-6-5-7-17/h10-14H,5-9H2,1-4H3/t10-,11-,12+,13+,14+/m1/s1. The molecule has 3 rings (SSSR count). The molecule has 0 aromatic heterocycles. The van der Waals surface area contributed by atoms with Crippen molar-refractivity contribution in [2.75, 3.05) is 18.5 Å². The van der Waals surface area contributed by atoms with Crippen LogP contribution in [-0.2, 0) is 28.4 Å². The van der Waals surface area contributed by atoms with Crippen LogP contribution in [0, 0.1) is 0 Å². The van der Waals surface area contributed by atoms with Crippen LogP contribution in [0.15, 0.2) is 0 Å². The smallest absolute Gasteiger partial charge is 0.187 e. The maximum absolute atomic E-state index is 6.09. The van der Waals surface area contributed by atoms with Crippen LogP contribution in [0.2, 0.25) is 0 Å². The third kappa shape index (κ3) is 4.08. The molecule has 134 valence electrons. The molecule has 6 nitrogen and oxygen atoms in total. The lowest BCUT2D eigenvalue weighted by molar-refractivity contribution is -0.247. The molecule has 0 unspecified atom stereocenters. The Balaban J connectivity index is 1.64. The molecule has 0 saturated carbocycles. The molecule has 0 N–H and O–H groups in total. The van der Waals surface area contributed by atoms with Gasteiger partial charge in [0.25, 0.3) is 0 Å². The van der Waals surface area contributed by atoms with Gasteiger partial charge in [-0.05, 0) is 40.5 Å². The molecule has 0 bridgehead atoms. The Hall–Kier alpha value is 0.240. The van der Waals surface area contributed by atoms with Gasteiger partial charge >= 0.3 is 0 Å². The number of unbranched alkanes of at least 4 members (excludes halogenated alkanes) is 1. The highest BCUT2D eigenvalue weighted by Gasteiger charge is 2.59. The van der Waals surface area contributed by atoms with Gasteiger partial charge in [0.1, 0.15) is 24.4 Å². The number of fused-ring (bicyclic) bond motifs is 1. The first kappa shape index (κ1) is 18.0. The van der Waals surface area contributed by atoms with Crippen LogP contribution in [0.4, 0.5) is 0 Å². The van der Waals surface area contributed by atoms with Crippen molar-refractivity contribution in [3.05, 3.63) is 0 Å². The van der Waals surface area contributed by atoms with Crippen molar-refractivity contribution in [1.82, 2.24) is 0 Å². The lowest BCUT2D eigenvalue weighted by Gasteiger charge is -2.27. The molecule has 23 heavy (non-hydrogen) atoms. The molecule has 3 aliphatic rings. The molecular formula is C16H27BrO6. The van der Waals surface area contributed by atoms with E-state index >= 15 is 0 Å².